The first-order valence-electron chi connectivity index (χ1n) is 7.60. The van der Waals surface area contributed by atoms with Crippen molar-refractivity contribution in [3.63, 3.8) is 0 Å². The van der Waals surface area contributed by atoms with E-state index in [2.05, 4.69) is 0 Å². The zero-order chi connectivity index (χ0) is 16.4. The predicted molar refractivity (Wildman–Crippen MR) is 81.2 cm³/mol. The topological polar surface area (TPSA) is 87.2 Å². The van der Waals surface area contributed by atoms with E-state index in [9.17, 15) is 14.4 Å². The van der Waals surface area contributed by atoms with Crippen molar-refractivity contribution in [2.75, 3.05) is 31.1 Å². The summed E-state index contributed by atoms with van der Waals surface area (Å²) in [5, 5.41) is 9.00. The summed E-state index contributed by atoms with van der Waals surface area (Å²) in [5.41, 5.74) is 0.723. The predicted octanol–water partition coefficient (Wildman–Crippen LogP) is 0.735. The number of carboxylic acids is 1. The first-order valence-corrected chi connectivity index (χ1v) is 7.60. The number of likely N-dealkylation sites (tertiary alicyclic amines) is 1. The van der Waals surface area contributed by atoms with E-state index >= 15 is 0 Å². The fourth-order valence-electron chi connectivity index (χ4n) is 2.98. The number of benzene rings is 1. The van der Waals surface area contributed by atoms with E-state index in [1.807, 2.05) is 12.1 Å². The number of amides is 1. The summed E-state index contributed by atoms with van der Waals surface area (Å²) < 4.78 is 5.16. The smallest absolute Gasteiger partial charge is 0.331 e. The number of anilines is 1. The number of piperidine rings is 1. The molecule has 7 nitrogen and oxygen atoms in total. The number of hydrogen-bond donors (Lipinski definition) is 1. The summed E-state index contributed by atoms with van der Waals surface area (Å²) >= 11 is 0. The van der Waals surface area contributed by atoms with Crippen LogP contribution >= 0.6 is 0 Å². The average molecular weight is 318 g/mol. The van der Waals surface area contributed by atoms with Crippen molar-refractivity contribution < 1.29 is 24.2 Å². The number of para-hydroxylation sites is 2. The van der Waals surface area contributed by atoms with Gasteiger partial charge in [-0.25, -0.2) is 4.79 Å². The number of carboxylic acid groups (broad SMARTS) is 1. The van der Waals surface area contributed by atoms with Gasteiger partial charge in [0, 0.05) is 13.1 Å². The van der Waals surface area contributed by atoms with E-state index in [0.29, 0.717) is 31.7 Å². The van der Waals surface area contributed by atoms with Crippen LogP contribution in [0.15, 0.2) is 24.3 Å². The lowest BCUT2D eigenvalue weighted by Gasteiger charge is -2.34. The van der Waals surface area contributed by atoms with Crippen LogP contribution in [0.5, 0.6) is 5.75 Å². The highest BCUT2D eigenvalue weighted by Crippen LogP contribution is 2.31. The Kier molecular flexibility index (Phi) is 4.18. The standard InChI is InChI=1S/C16H18N2O5/c19-14(17-7-5-11(6-8-17)16(21)22)9-18-10-15(20)23-13-4-2-1-3-12(13)18/h1-4,11H,5-10H2,(H,21,22). The zero-order valence-corrected chi connectivity index (χ0v) is 12.6. The van der Waals surface area contributed by atoms with Crippen LogP contribution in [-0.4, -0.2) is 54.0 Å². The van der Waals surface area contributed by atoms with Gasteiger partial charge in [0.05, 0.1) is 18.2 Å². The zero-order valence-electron chi connectivity index (χ0n) is 12.6. The number of aliphatic carboxylic acids is 1. The summed E-state index contributed by atoms with van der Waals surface area (Å²) in [6.45, 7) is 1.00. The number of esters is 1. The molecule has 2 heterocycles. The Morgan fingerprint density at radius 3 is 2.61 bits per heavy atom. The molecule has 1 aromatic carbocycles. The molecule has 122 valence electrons. The summed E-state index contributed by atoms with van der Waals surface area (Å²) in [4.78, 5) is 38.4. The van der Waals surface area contributed by atoms with E-state index in [4.69, 9.17) is 9.84 Å². The molecule has 1 fully saturated rings. The molecule has 0 atom stereocenters. The normalized spacial score (nSPS) is 18.3. The first-order chi connectivity index (χ1) is 11.0. The van der Waals surface area contributed by atoms with E-state index in [0.717, 1.165) is 5.69 Å². The van der Waals surface area contributed by atoms with Crippen LogP contribution in [0.1, 0.15) is 12.8 Å². The molecule has 2 aliphatic heterocycles. The molecule has 0 saturated carbocycles. The lowest BCUT2D eigenvalue weighted by atomic mass is 9.97. The van der Waals surface area contributed by atoms with Crippen molar-refractivity contribution in [3.05, 3.63) is 24.3 Å². The fraction of sp³-hybridized carbons (Fsp3) is 0.438. The van der Waals surface area contributed by atoms with Crippen molar-refractivity contribution >= 4 is 23.5 Å². The van der Waals surface area contributed by atoms with Crippen LogP contribution in [0, 0.1) is 5.92 Å². The molecule has 0 spiro atoms. The second kappa shape index (κ2) is 6.28. The monoisotopic (exact) mass is 318 g/mol. The van der Waals surface area contributed by atoms with Crippen molar-refractivity contribution in [1.29, 1.82) is 0 Å². The fourth-order valence-corrected chi connectivity index (χ4v) is 2.98. The maximum atomic E-state index is 12.4. The number of carbonyl (C=O) groups excluding carboxylic acids is 2. The highest BCUT2D eigenvalue weighted by Gasteiger charge is 2.30. The Morgan fingerprint density at radius 2 is 1.91 bits per heavy atom. The minimum Gasteiger partial charge on any atom is -0.481 e. The Hall–Kier alpha value is -2.57. The molecule has 1 saturated heterocycles. The third-order valence-corrected chi connectivity index (χ3v) is 4.27. The minimum absolute atomic E-state index is 0.0361. The van der Waals surface area contributed by atoms with Gasteiger partial charge >= 0.3 is 11.9 Å². The number of ether oxygens (including phenoxy) is 1. The van der Waals surface area contributed by atoms with Gasteiger partial charge in [0.25, 0.3) is 0 Å². The number of hydrogen-bond acceptors (Lipinski definition) is 5. The molecule has 0 aromatic heterocycles. The Bertz CT molecular complexity index is 637. The number of fused-ring (bicyclic) bond motifs is 1. The molecule has 3 rings (SSSR count). The number of carbonyl (C=O) groups is 3. The number of rotatable bonds is 3. The molecule has 0 radical (unpaired) electrons. The maximum absolute atomic E-state index is 12.4. The first kappa shape index (κ1) is 15.3. The molecule has 1 aromatic rings. The van der Waals surface area contributed by atoms with Crippen molar-refractivity contribution in [2.24, 2.45) is 5.92 Å². The van der Waals surface area contributed by atoms with E-state index in [-0.39, 0.29) is 30.9 Å². The summed E-state index contributed by atoms with van der Waals surface area (Å²) in [6, 6.07) is 7.11. The van der Waals surface area contributed by atoms with Crippen molar-refractivity contribution in [3.8, 4) is 5.75 Å². The summed E-state index contributed by atoms with van der Waals surface area (Å²) in [5.74, 6) is -1.20. The summed E-state index contributed by atoms with van der Waals surface area (Å²) in [6.07, 6.45) is 0.944. The van der Waals surface area contributed by atoms with Gasteiger partial charge in [-0.2, -0.15) is 0 Å². The largest absolute Gasteiger partial charge is 0.481 e. The van der Waals surface area contributed by atoms with Gasteiger partial charge in [-0.1, -0.05) is 12.1 Å². The second-order valence-corrected chi connectivity index (χ2v) is 5.79. The molecule has 0 aliphatic carbocycles. The molecule has 0 bridgehead atoms. The van der Waals surface area contributed by atoms with Crippen LogP contribution in [0.3, 0.4) is 0 Å². The maximum Gasteiger partial charge on any atom is 0.331 e. The highest BCUT2D eigenvalue weighted by atomic mass is 16.5. The lowest BCUT2D eigenvalue weighted by Crippen LogP contribution is -2.47. The summed E-state index contributed by atoms with van der Waals surface area (Å²) in [7, 11) is 0. The van der Waals surface area contributed by atoms with Gasteiger partial charge in [0.2, 0.25) is 5.91 Å². The minimum atomic E-state index is -0.801. The lowest BCUT2D eigenvalue weighted by molar-refractivity contribution is -0.145. The molecule has 2 aliphatic rings. The van der Waals surface area contributed by atoms with E-state index in [1.165, 1.54) is 0 Å². The second-order valence-electron chi connectivity index (χ2n) is 5.79. The Morgan fingerprint density at radius 1 is 1.22 bits per heavy atom. The number of nitrogens with zero attached hydrogens (tertiary/aromatic N) is 2. The molecule has 23 heavy (non-hydrogen) atoms. The van der Waals surface area contributed by atoms with Gasteiger partial charge in [-0.05, 0) is 25.0 Å². The van der Waals surface area contributed by atoms with E-state index in [1.54, 1.807) is 21.9 Å². The molecular weight excluding hydrogens is 300 g/mol. The van der Waals surface area contributed by atoms with Crippen LogP contribution in [0.4, 0.5) is 5.69 Å². The van der Waals surface area contributed by atoms with Crippen LogP contribution in [-0.2, 0) is 14.4 Å². The third-order valence-electron chi connectivity index (χ3n) is 4.27. The quantitative estimate of drug-likeness (QED) is 0.653. The Labute approximate surface area is 133 Å². The van der Waals surface area contributed by atoms with Crippen LogP contribution < -0.4 is 9.64 Å². The molecular formula is C16H18N2O5. The van der Waals surface area contributed by atoms with Crippen LogP contribution in [0.25, 0.3) is 0 Å². The molecule has 1 amide bonds. The molecule has 7 heteroatoms. The van der Waals surface area contributed by atoms with Gasteiger partial charge in [0.15, 0.2) is 5.75 Å². The van der Waals surface area contributed by atoms with Gasteiger partial charge in [-0.15, -0.1) is 0 Å². The van der Waals surface area contributed by atoms with Crippen LogP contribution in [0.2, 0.25) is 0 Å². The van der Waals surface area contributed by atoms with Gasteiger partial charge in [-0.3, -0.25) is 9.59 Å². The van der Waals surface area contributed by atoms with E-state index < -0.39 is 5.97 Å². The Balaban J connectivity index is 1.65. The third kappa shape index (κ3) is 3.28. The van der Waals surface area contributed by atoms with Gasteiger partial charge < -0.3 is 19.6 Å². The van der Waals surface area contributed by atoms with Crippen molar-refractivity contribution in [2.45, 2.75) is 12.8 Å². The van der Waals surface area contributed by atoms with Crippen molar-refractivity contribution in [1.82, 2.24) is 4.90 Å². The molecule has 1 N–H and O–H groups in total. The highest BCUT2D eigenvalue weighted by molar-refractivity contribution is 5.89. The molecule has 0 unspecified atom stereocenters. The average Bonchev–Trinajstić information content (AvgIpc) is 2.54. The van der Waals surface area contributed by atoms with Gasteiger partial charge in [0.1, 0.15) is 6.54 Å². The SMILES string of the molecule is O=C1CN(CC(=O)N2CCC(C(=O)O)CC2)c2ccccc2O1.